The third-order valence-corrected chi connectivity index (χ3v) is 5.31. The second-order valence-corrected chi connectivity index (χ2v) is 7.25. The topological polar surface area (TPSA) is 77.0 Å². The molecule has 0 fully saturated rings. The number of rotatable bonds is 5. The van der Waals surface area contributed by atoms with Crippen LogP contribution in [0.1, 0.15) is 35.3 Å². The average molecular weight is 359 g/mol. The maximum Gasteiger partial charge on any atom is 0.262 e. The summed E-state index contributed by atoms with van der Waals surface area (Å²) in [6.07, 6.45) is 2.39. The van der Waals surface area contributed by atoms with Crippen molar-refractivity contribution in [2.45, 2.75) is 40.7 Å². The summed E-state index contributed by atoms with van der Waals surface area (Å²) in [4.78, 5) is 34.5. The predicted octanol–water partition coefficient (Wildman–Crippen LogP) is 2.91. The van der Waals surface area contributed by atoms with Crippen molar-refractivity contribution in [2.75, 3.05) is 6.61 Å². The second-order valence-electron chi connectivity index (χ2n) is 6.05. The lowest BCUT2D eigenvalue weighted by Crippen LogP contribution is -2.25. The molecule has 3 rings (SSSR count). The molecule has 0 bridgehead atoms. The normalized spacial score (nSPS) is 11.2. The fourth-order valence-corrected chi connectivity index (χ4v) is 3.77. The molecule has 0 unspecified atom stereocenters. The first-order chi connectivity index (χ1) is 11.9. The van der Waals surface area contributed by atoms with E-state index in [0.29, 0.717) is 29.3 Å². The molecule has 3 heterocycles. The average Bonchev–Trinajstić information content (AvgIpc) is 2.85. The lowest BCUT2D eigenvalue weighted by Gasteiger charge is -2.10. The third kappa shape index (κ3) is 3.24. The summed E-state index contributed by atoms with van der Waals surface area (Å²) in [6.45, 7) is 8.49. The molecule has 0 atom stereocenters. The SMILES string of the molecule is CCCOc1c[nH]c(Cn2c(C)nc3sc(C)c(C)c3c2=O)cc1=O. The molecule has 0 saturated heterocycles. The van der Waals surface area contributed by atoms with Crippen LogP contribution >= 0.6 is 11.3 Å². The van der Waals surface area contributed by atoms with E-state index in [0.717, 1.165) is 21.7 Å². The summed E-state index contributed by atoms with van der Waals surface area (Å²) in [5.41, 5.74) is 1.36. The van der Waals surface area contributed by atoms with Crippen LogP contribution in [-0.2, 0) is 6.54 Å². The van der Waals surface area contributed by atoms with Crippen LogP contribution in [-0.4, -0.2) is 21.1 Å². The number of pyridine rings is 1. The summed E-state index contributed by atoms with van der Waals surface area (Å²) in [6, 6.07) is 1.48. The first-order valence-electron chi connectivity index (χ1n) is 8.24. The summed E-state index contributed by atoms with van der Waals surface area (Å²) in [7, 11) is 0. The first kappa shape index (κ1) is 17.4. The van der Waals surface area contributed by atoms with Crippen molar-refractivity contribution < 1.29 is 4.74 Å². The minimum absolute atomic E-state index is 0.0727. The van der Waals surface area contributed by atoms with Crippen LogP contribution in [0.25, 0.3) is 10.2 Å². The molecule has 7 heteroatoms. The van der Waals surface area contributed by atoms with Gasteiger partial charge in [-0.2, -0.15) is 0 Å². The second kappa shape index (κ2) is 6.84. The van der Waals surface area contributed by atoms with E-state index in [9.17, 15) is 9.59 Å². The van der Waals surface area contributed by atoms with E-state index < -0.39 is 0 Å². The summed E-state index contributed by atoms with van der Waals surface area (Å²) < 4.78 is 6.99. The van der Waals surface area contributed by atoms with Crippen molar-refractivity contribution in [3.05, 3.63) is 54.8 Å². The molecule has 0 aliphatic heterocycles. The van der Waals surface area contributed by atoms with Gasteiger partial charge in [-0.05, 0) is 32.8 Å². The number of fused-ring (bicyclic) bond motifs is 1. The van der Waals surface area contributed by atoms with Crippen LogP contribution in [0.3, 0.4) is 0 Å². The van der Waals surface area contributed by atoms with Gasteiger partial charge in [0, 0.05) is 22.8 Å². The largest absolute Gasteiger partial charge is 0.488 e. The van der Waals surface area contributed by atoms with Crippen molar-refractivity contribution in [3.63, 3.8) is 0 Å². The quantitative estimate of drug-likeness (QED) is 0.760. The zero-order valence-corrected chi connectivity index (χ0v) is 15.6. The summed E-state index contributed by atoms with van der Waals surface area (Å²) in [5, 5.41) is 0.665. The third-order valence-electron chi connectivity index (χ3n) is 4.21. The molecule has 6 nitrogen and oxygen atoms in total. The van der Waals surface area contributed by atoms with E-state index in [4.69, 9.17) is 4.74 Å². The van der Waals surface area contributed by atoms with Crippen molar-refractivity contribution in [1.82, 2.24) is 14.5 Å². The van der Waals surface area contributed by atoms with Gasteiger partial charge in [0.25, 0.3) is 5.56 Å². The van der Waals surface area contributed by atoms with Gasteiger partial charge in [0.1, 0.15) is 10.7 Å². The Bertz CT molecular complexity index is 1050. The van der Waals surface area contributed by atoms with E-state index in [1.54, 1.807) is 10.8 Å². The highest BCUT2D eigenvalue weighted by Crippen LogP contribution is 2.26. The molecule has 3 aromatic rings. The van der Waals surface area contributed by atoms with Crippen molar-refractivity contribution in [1.29, 1.82) is 0 Å². The summed E-state index contributed by atoms with van der Waals surface area (Å²) in [5.74, 6) is 0.929. The molecule has 0 spiro atoms. The number of nitrogens with zero attached hydrogens (tertiary/aromatic N) is 2. The maximum atomic E-state index is 12.9. The molecule has 3 aromatic heterocycles. The monoisotopic (exact) mass is 359 g/mol. The van der Waals surface area contributed by atoms with E-state index >= 15 is 0 Å². The highest BCUT2D eigenvalue weighted by molar-refractivity contribution is 7.18. The fourth-order valence-electron chi connectivity index (χ4n) is 2.70. The van der Waals surface area contributed by atoms with Gasteiger partial charge in [0.2, 0.25) is 5.43 Å². The number of nitrogens with one attached hydrogen (secondary N) is 1. The number of thiophene rings is 1. The lowest BCUT2D eigenvalue weighted by molar-refractivity contribution is 0.313. The van der Waals surface area contributed by atoms with Gasteiger partial charge < -0.3 is 9.72 Å². The van der Waals surface area contributed by atoms with Crippen LogP contribution in [0.4, 0.5) is 0 Å². The van der Waals surface area contributed by atoms with Gasteiger partial charge in [-0.3, -0.25) is 14.2 Å². The number of H-pyrrole nitrogens is 1. The van der Waals surface area contributed by atoms with Gasteiger partial charge in [-0.25, -0.2) is 4.98 Å². The lowest BCUT2D eigenvalue weighted by atomic mass is 10.2. The van der Waals surface area contributed by atoms with Gasteiger partial charge in [0.05, 0.1) is 18.5 Å². The van der Waals surface area contributed by atoms with Gasteiger partial charge in [0.15, 0.2) is 5.75 Å². The molecule has 0 aliphatic carbocycles. The predicted molar refractivity (Wildman–Crippen MR) is 100 cm³/mol. The molecule has 0 aliphatic rings. The Hall–Kier alpha value is -2.41. The van der Waals surface area contributed by atoms with Crippen LogP contribution in [0, 0.1) is 20.8 Å². The molecular weight excluding hydrogens is 338 g/mol. The number of ether oxygens (including phenoxy) is 1. The fraction of sp³-hybridized carbons (Fsp3) is 0.389. The van der Waals surface area contributed by atoms with Crippen molar-refractivity contribution in [2.24, 2.45) is 0 Å². The highest BCUT2D eigenvalue weighted by atomic mass is 32.1. The van der Waals surface area contributed by atoms with Crippen LogP contribution in [0.5, 0.6) is 5.75 Å². The van der Waals surface area contributed by atoms with E-state index in [-0.39, 0.29) is 17.5 Å². The molecule has 1 N–H and O–H groups in total. The zero-order valence-electron chi connectivity index (χ0n) is 14.8. The Labute approximate surface area is 149 Å². The Kier molecular flexibility index (Phi) is 4.76. The molecule has 0 saturated carbocycles. The van der Waals surface area contributed by atoms with Gasteiger partial charge >= 0.3 is 0 Å². The maximum absolute atomic E-state index is 12.9. The standard InChI is InChI=1S/C18H21N3O3S/c1-5-6-24-15-8-19-13(7-14(15)22)9-21-12(4)20-17-16(18(21)23)10(2)11(3)25-17/h7-8H,5-6,9H2,1-4H3,(H,19,22). The summed E-state index contributed by atoms with van der Waals surface area (Å²) >= 11 is 1.54. The molecule has 0 amide bonds. The zero-order chi connectivity index (χ0) is 18.1. The number of aromatic nitrogens is 3. The minimum atomic E-state index is -0.190. The Morgan fingerprint density at radius 2 is 2.04 bits per heavy atom. The van der Waals surface area contributed by atoms with E-state index in [1.807, 2.05) is 27.7 Å². The van der Waals surface area contributed by atoms with E-state index in [1.165, 1.54) is 17.4 Å². The number of hydrogen-bond acceptors (Lipinski definition) is 5. The van der Waals surface area contributed by atoms with Crippen LogP contribution in [0.2, 0.25) is 0 Å². The molecule has 132 valence electrons. The molecule has 25 heavy (non-hydrogen) atoms. The highest BCUT2D eigenvalue weighted by Gasteiger charge is 2.15. The Morgan fingerprint density at radius 1 is 1.28 bits per heavy atom. The molecular formula is C18H21N3O3S. The van der Waals surface area contributed by atoms with Crippen LogP contribution < -0.4 is 15.7 Å². The number of aryl methyl sites for hydroxylation is 3. The molecule has 0 aromatic carbocycles. The Morgan fingerprint density at radius 3 is 2.72 bits per heavy atom. The van der Waals surface area contributed by atoms with Crippen LogP contribution in [0.15, 0.2) is 21.9 Å². The Balaban J connectivity index is 2.01. The molecule has 0 radical (unpaired) electrons. The first-order valence-corrected chi connectivity index (χ1v) is 9.05. The van der Waals surface area contributed by atoms with Crippen molar-refractivity contribution in [3.8, 4) is 5.75 Å². The van der Waals surface area contributed by atoms with Gasteiger partial charge in [-0.1, -0.05) is 6.92 Å². The van der Waals surface area contributed by atoms with Gasteiger partial charge in [-0.15, -0.1) is 11.3 Å². The van der Waals surface area contributed by atoms with E-state index in [2.05, 4.69) is 9.97 Å². The smallest absolute Gasteiger partial charge is 0.262 e. The minimum Gasteiger partial charge on any atom is -0.488 e. The number of aromatic amines is 1. The number of hydrogen-bond donors (Lipinski definition) is 1. The van der Waals surface area contributed by atoms with Crippen molar-refractivity contribution >= 4 is 21.6 Å².